The highest BCUT2D eigenvalue weighted by Gasteiger charge is 2.31. The lowest BCUT2D eigenvalue weighted by Crippen LogP contribution is -2.08. The molecule has 158 valence electrons. The Bertz CT molecular complexity index is 1310. The van der Waals surface area contributed by atoms with Crippen molar-refractivity contribution in [2.75, 3.05) is 0 Å². The van der Waals surface area contributed by atoms with Gasteiger partial charge in [0.15, 0.2) is 0 Å². The van der Waals surface area contributed by atoms with Gasteiger partial charge in [0.05, 0.1) is 22.0 Å². The summed E-state index contributed by atoms with van der Waals surface area (Å²) < 4.78 is 41.1. The van der Waals surface area contributed by atoms with E-state index >= 15 is 0 Å². The van der Waals surface area contributed by atoms with Crippen molar-refractivity contribution < 1.29 is 23.1 Å². The van der Waals surface area contributed by atoms with Crippen LogP contribution < -0.4 is 0 Å². The van der Waals surface area contributed by atoms with Crippen LogP contribution in [0.2, 0.25) is 0 Å². The molecule has 0 radical (unpaired) electrons. The lowest BCUT2D eigenvalue weighted by atomic mass is 10.1. The Kier molecular flexibility index (Phi) is 5.32. The van der Waals surface area contributed by atoms with Gasteiger partial charge in [-0.05, 0) is 42.3 Å². The maximum Gasteiger partial charge on any atom is 0.417 e. The van der Waals surface area contributed by atoms with Crippen LogP contribution in [0.4, 0.5) is 13.2 Å². The van der Waals surface area contributed by atoms with Crippen LogP contribution in [0.15, 0.2) is 49.1 Å². The van der Waals surface area contributed by atoms with E-state index in [1.54, 1.807) is 30.6 Å². The molecule has 0 amide bonds. The number of nitrogens with zero attached hydrogens (tertiary/aromatic N) is 4. The molecule has 0 aliphatic heterocycles. The van der Waals surface area contributed by atoms with E-state index in [0.717, 1.165) is 38.6 Å². The Morgan fingerprint density at radius 3 is 2.74 bits per heavy atom. The van der Waals surface area contributed by atoms with E-state index in [2.05, 4.69) is 15.1 Å². The summed E-state index contributed by atoms with van der Waals surface area (Å²) in [5, 5.41) is 13.6. The number of halogens is 3. The van der Waals surface area contributed by atoms with Crippen LogP contribution in [-0.4, -0.2) is 30.8 Å². The van der Waals surface area contributed by atoms with E-state index in [0.29, 0.717) is 11.1 Å². The number of aliphatic carboxylic acids is 1. The van der Waals surface area contributed by atoms with Crippen molar-refractivity contribution in [3.05, 3.63) is 65.2 Å². The van der Waals surface area contributed by atoms with Gasteiger partial charge in [-0.25, -0.2) is 4.98 Å². The van der Waals surface area contributed by atoms with E-state index in [-0.39, 0.29) is 6.54 Å². The second-order valence-corrected chi connectivity index (χ2v) is 7.90. The summed E-state index contributed by atoms with van der Waals surface area (Å²) in [5.41, 5.74) is 2.57. The van der Waals surface area contributed by atoms with Gasteiger partial charge >= 0.3 is 12.1 Å². The molecule has 0 aliphatic carbocycles. The molecule has 4 rings (SSSR count). The number of alkyl halides is 3. The first-order valence-corrected chi connectivity index (χ1v) is 9.87. The largest absolute Gasteiger partial charge is 0.480 e. The molecule has 4 aromatic rings. The monoisotopic (exact) mass is 444 g/mol. The lowest BCUT2D eigenvalue weighted by molar-refractivity contribution is -0.138. The van der Waals surface area contributed by atoms with Crippen LogP contribution in [0, 0.1) is 0 Å². The van der Waals surface area contributed by atoms with Crippen molar-refractivity contribution in [2.45, 2.75) is 19.6 Å². The van der Waals surface area contributed by atoms with Gasteiger partial charge in [0.2, 0.25) is 0 Å². The molecule has 1 aromatic carbocycles. The summed E-state index contributed by atoms with van der Waals surface area (Å²) in [6, 6.07) is 6.35. The number of allylic oxidation sites excluding steroid dienone is 1. The summed E-state index contributed by atoms with van der Waals surface area (Å²) >= 11 is 1.40. The molecule has 10 heteroatoms. The quantitative estimate of drug-likeness (QED) is 0.457. The van der Waals surface area contributed by atoms with Crippen molar-refractivity contribution in [1.82, 2.24) is 19.7 Å². The molecule has 0 saturated heterocycles. The summed E-state index contributed by atoms with van der Waals surface area (Å²) in [4.78, 5) is 19.1. The fourth-order valence-electron chi connectivity index (χ4n) is 3.00. The predicted molar refractivity (Wildman–Crippen MR) is 111 cm³/mol. The minimum atomic E-state index is -4.45. The second kappa shape index (κ2) is 7.95. The summed E-state index contributed by atoms with van der Waals surface area (Å²) in [6.07, 6.45) is 2.84. The van der Waals surface area contributed by atoms with Crippen molar-refractivity contribution >= 4 is 39.2 Å². The van der Waals surface area contributed by atoms with Gasteiger partial charge in [0, 0.05) is 29.7 Å². The number of carboxylic acids is 1. The van der Waals surface area contributed by atoms with Gasteiger partial charge in [-0.15, -0.1) is 11.3 Å². The molecule has 0 atom stereocenters. The van der Waals surface area contributed by atoms with Gasteiger partial charge in [-0.2, -0.15) is 18.3 Å². The maximum absolute atomic E-state index is 13.0. The Morgan fingerprint density at radius 2 is 2.00 bits per heavy atom. The number of pyridine rings is 1. The molecule has 0 bridgehead atoms. The number of hydrogen-bond donors (Lipinski definition) is 1. The predicted octanol–water partition coefficient (Wildman–Crippen LogP) is 5.22. The molecular formula is C21H15F3N4O2S. The minimum Gasteiger partial charge on any atom is -0.480 e. The smallest absolute Gasteiger partial charge is 0.417 e. The number of hydrogen-bond acceptors (Lipinski definition) is 5. The Morgan fingerprint density at radius 1 is 1.19 bits per heavy atom. The minimum absolute atomic E-state index is 0.221. The third-order valence-electron chi connectivity index (χ3n) is 4.53. The molecule has 0 saturated carbocycles. The van der Waals surface area contributed by atoms with E-state index in [1.165, 1.54) is 22.2 Å². The summed E-state index contributed by atoms with van der Waals surface area (Å²) in [6.45, 7) is 1.65. The number of carboxylic acid groups (broad SMARTS) is 1. The average molecular weight is 444 g/mol. The molecule has 0 fully saturated rings. The fraction of sp³-hybridized carbons (Fsp3) is 0.143. The van der Waals surface area contributed by atoms with Gasteiger partial charge in [-0.1, -0.05) is 6.07 Å². The first-order chi connectivity index (χ1) is 14.7. The van der Waals surface area contributed by atoms with Crippen LogP contribution in [0.25, 0.3) is 33.0 Å². The van der Waals surface area contributed by atoms with Gasteiger partial charge in [-0.3, -0.25) is 14.5 Å². The Hall–Kier alpha value is -3.53. The fourth-order valence-corrected chi connectivity index (χ4v) is 4.01. The molecule has 0 unspecified atom stereocenters. The Labute approximate surface area is 178 Å². The zero-order valence-corrected chi connectivity index (χ0v) is 16.9. The first-order valence-electron chi connectivity index (χ1n) is 9.05. The third kappa shape index (κ3) is 4.64. The van der Waals surface area contributed by atoms with Crippen LogP contribution in [0.1, 0.15) is 23.1 Å². The third-order valence-corrected chi connectivity index (χ3v) is 5.49. The molecule has 0 aliphatic rings. The lowest BCUT2D eigenvalue weighted by Gasteiger charge is -2.08. The second-order valence-electron chi connectivity index (χ2n) is 6.84. The van der Waals surface area contributed by atoms with Crippen molar-refractivity contribution in [3.8, 4) is 11.1 Å². The van der Waals surface area contributed by atoms with Crippen molar-refractivity contribution in [3.63, 3.8) is 0 Å². The number of benzene rings is 1. The van der Waals surface area contributed by atoms with E-state index in [1.807, 2.05) is 13.0 Å². The highest BCUT2D eigenvalue weighted by molar-refractivity contribution is 7.19. The number of carbonyl (C=O) groups is 1. The molecule has 31 heavy (non-hydrogen) atoms. The van der Waals surface area contributed by atoms with Gasteiger partial charge in [0.25, 0.3) is 0 Å². The zero-order valence-electron chi connectivity index (χ0n) is 16.1. The molecule has 0 spiro atoms. The molecule has 3 heterocycles. The molecule has 1 N–H and O–H groups in total. The van der Waals surface area contributed by atoms with Crippen LogP contribution in [0.3, 0.4) is 0 Å². The highest BCUT2D eigenvalue weighted by atomic mass is 32.1. The van der Waals surface area contributed by atoms with Crippen LogP contribution in [0.5, 0.6) is 0 Å². The number of fused-ring (bicyclic) bond motifs is 1. The maximum atomic E-state index is 13.0. The van der Waals surface area contributed by atoms with Gasteiger partial charge < -0.3 is 5.11 Å². The van der Waals surface area contributed by atoms with Crippen molar-refractivity contribution in [1.29, 1.82) is 0 Å². The molecule has 6 nitrogen and oxygen atoms in total. The van der Waals surface area contributed by atoms with Crippen LogP contribution in [-0.2, 0) is 17.5 Å². The number of aromatic nitrogens is 4. The molecule has 3 aromatic heterocycles. The van der Waals surface area contributed by atoms with E-state index in [4.69, 9.17) is 5.11 Å². The van der Waals surface area contributed by atoms with Crippen molar-refractivity contribution in [2.24, 2.45) is 0 Å². The topological polar surface area (TPSA) is 80.9 Å². The van der Waals surface area contributed by atoms with E-state index < -0.39 is 17.7 Å². The number of rotatable bonds is 5. The summed E-state index contributed by atoms with van der Waals surface area (Å²) in [7, 11) is 0. The highest BCUT2D eigenvalue weighted by Crippen LogP contribution is 2.33. The SMILES string of the molecule is C/C(=C/c1nc2ccc(-c3cncc(C(F)(F)F)c3)cc2s1)c1cnn(CC(=O)O)c1. The average Bonchev–Trinajstić information content (AvgIpc) is 3.32. The summed E-state index contributed by atoms with van der Waals surface area (Å²) in [5.74, 6) is -0.978. The zero-order chi connectivity index (χ0) is 22.2. The normalized spacial score (nSPS) is 12.5. The number of thiazole rings is 1. The Balaban J connectivity index is 1.63. The van der Waals surface area contributed by atoms with E-state index in [9.17, 15) is 18.0 Å². The molecular weight excluding hydrogens is 429 g/mol. The standard InChI is InChI=1S/C21H15F3N4O2S/c1-12(15-8-26-28(10-15)11-20(29)30)4-19-27-17-3-2-13(6-18(17)31-19)14-5-16(9-25-7-14)21(22,23)24/h2-10H,11H2,1H3,(H,29,30)/b12-4-. The van der Waals surface area contributed by atoms with Gasteiger partial charge in [0.1, 0.15) is 11.6 Å². The first kappa shape index (κ1) is 20.7. The van der Waals surface area contributed by atoms with Crippen LogP contribution >= 0.6 is 11.3 Å².